The van der Waals surface area contributed by atoms with Gasteiger partial charge < -0.3 is 15.3 Å². The van der Waals surface area contributed by atoms with Gasteiger partial charge in [0.2, 0.25) is 0 Å². The zero-order valence-electron chi connectivity index (χ0n) is 18.6. The topological polar surface area (TPSA) is 61.3 Å². The van der Waals surface area contributed by atoms with E-state index in [-0.39, 0.29) is 45.2 Å². The van der Waals surface area contributed by atoms with Crippen molar-refractivity contribution in [1.82, 2.24) is 15.3 Å². The van der Waals surface area contributed by atoms with Crippen molar-refractivity contribution < 1.29 is 13.9 Å². The quantitative estimate of drug-likeness (QED) is 0.234. The molecule has 1 saturated heterocycles. The van der Waals surface area contributed by atoms with Crippen LogP contribution < -0.4 is 10.2 Å². The molecule has 8 heteroatoms. The highest BCUT2D eigenvalue weighted by Crippen LogP contribution is 2.40. The molecular weight excluding hydrogens is 470 g/mol. The van der Waals surface area contributed by atoms with Crippen LogP contribution in [0.3, 0.4) is 0 Å². The Kier molecular flexibility index (Phi) is 4.92. The number of benzene rings is 2. The fourth-order valence-corrected chi connectivity index (χ4v) is 5.32. The van der Waals surface area contributed by atoms with Crippen LogP contribution in [0.2, 0.25) is 5.15 Å². The lowest BCUT2D eigenvalue weighted by atomic mass is 9.95. The van der Waals surface area contributed by atoms with Crippen molar-refractivity contribution in [2.45, 2.75) is 19.0 Å². The van der Waals surface area contributed by atoms with Crippen molar-refractivity contribution in [1.29, 1.82) is 0 Å². The van der Waals surface area contributed by atoms with E-state index in [1.807, 2.05) is 0 Å². The van der Waals surface area contributed by atoms with E-state index in [4.69, 9.17) is 18.0 Å². The SMILES string of the molecule is C#Cc1c(F)ccc2cc(O)cc(-c3ncc4c(N5CC6C=CC(C5)N6)nc(Cl)c(C)c4c3F)c12. The Labute approximate surface area is 205 Å². The monoisotopic (exact) mass is 488 g/mol. The van der Waals surface area contributed by atoms with Gasteiger partial charge in [-0.3, -0.25) is 4.98 Å². The summed E-state index contributed by atoms with van der Waals surface area (Å²) in [6, 6.07) is 5.87. The molecule has 2 aliphatic heterocycles. The lowest BCUT2D eigenvalue weighted by molar-refractivity contribution is 0.476. The molecule has 2 bridgehead atoms. The number of anilines is 1. The largest absolute Gasteiger partial charge is 0.508 e. The number of aryl methyl sites for hydroxylation is 1. The minimum Gasteiger partial charge on any atom is -0.508 e. The van der Waals surface area contributed by atoms with Gasteiger partial charge in [-0.2, -0.15) is 0 Å². The van der Waals surface area contributed by atoms with E-state index < -0.39 is 11.6 Å². The minimum absolute atomic E-state index is 0.0206. The van der Waals surface area contributed by atoms with Crippen molar-refractivity contribution in [3.05, 3.63) is 70.5 Å². The van der Waals surface area contributed by atoms with Crippen LogP contribution in [0.1, 0.15) is 11.1 Å². The van der Waals surface area contributed by atoms with E-state index in [9.17, 15) is 9.50 Å². The Morgan fingerprint density at radius 2 is 1.91 bits per heavy atom. The molecule has 0 amide bonds. The molecule has 2 unspecified atom stereocenters. The molecule has 4 heterocycles. The molecule has 0 radical (unpaired) electrons. The molecule has 4 aromatic rings. The molecule has 6 rings (SSSR count). The molecule has 0 spiro atoms. The van der Waals surface area contributed by atoms with Crippen LogP contribution in [0.4, 0.5) is 14.6 Å². The molecule has 0 aliphatic carbocycles. The number of fused-ring (bicyclic) bond motifs is 4. The number of nitrogens with zero attached hydrogens (tertiary/aromatic N) is 3. The fraction of sp³-hybridized carbons (Fsp3) is 0.185. The number of aromatic nitrogens is 2. The molecule has 2 N–H and O–H groups in total. The van der Waals surface area contributed by atoms with Gasteiger partial charge in [-0.05, 0) is 36.1 Å². The molecule has 0 saturated carbocycles. The number of phenols is 1. The maximum absolute atomic E-state index is 16.3. The predicted octanol–water partition coefficient (Wildman–Crippen LogP) is 5.09. The Bertz CT molecular complexity index is 1610. The maximum Gasteiger partial charge on any atom is 0.157 e. The zero-order chi connectivity index (χ0) is 24.4. The van der Waals surface area contributed by atoms with E-state index in [1.165, 1.54) is 24.3 Å². The summed E-state index contributed by atoms with van der Waals surface area (Å²) in [5.41, 5.74) is 0.590. The standard InChI is InChI=1S/C27H19ClF2N4O/c1-3-18-21(29)7-4-14-8-17(35)9-19(23(14)18)25-24(30)22-13(2)26(28)33-27(20(22)10-31-25)34-11-15-5-6-16(12-34)32-15/h1,4-10,15-16,32,35H,11-12H2,2H3. The third-order valence-corrected chi connectivity index (χ3v) is 7.11. The van der Waals surface area contributed by atoms with Crippen molar-refractivity contribution in [3.8, 4) is 29.4 Å². The number of halogens is 3. The third kappa shape index (κ3) is 3.33. The van der Waals surface area contributed by atoms with Gasteiger partial charge in [-0.1, -0.05) is 35.7 Å². The van der Waals surface area contributed by atoms with Crippen LogP contribution in [0.5, 0.6) is 5.75 Å². The average molecular weight is 489 g/mol. The first-order valence-corrected chi connectivity index (χ1v) is 11.5. The molecular formula is C27H19ClF2N4O. The van der Waals surface area contributed by atoms with Gasteiger partial charge in [-0.15, -0.1) is 6.42 Å². The van der Waals surface area contributed by atoms with Gasteiger partial charge in [0.05, 0.1) is 5.56 Å². The second-order valence-corrected chi connectivity index (χ2v) is 9.25. The number of rotatable bonds is 2. The number of terminal acetylenes is 1. The lowest BCUT2D eigenvalue weighted by Crippen LogP contribution is -2.52. The van der Waals surface area contributed by atoms with E-state index >= 15 is 4.39 Å². The predicted molar refractivity (Wildman–Crippen MR) is 134 cm³/mol. The Morgan fingerprint density at radius 1 is 1.17 bits per heavy atom. The number of hydrogen-bond donors (Lipinski definition) is 2. The minimum atomic E-state index is -0.638. The van der Waals surface area contributed by atoms with E-state index in [1.54, 1.807) is 13.1 Å². The van der Waals surface area contributed by atoms with Crippen LogP contribution in [-0.2, 0) is 0 Å². The summed E-state index contributed by atoms with van der Waals surface area (Å²) in [5.74, 6) is 1.55. The Balaban J connectivity index is 1.62. The van der Waals surface area contributed by atoms with Crippen LogP contribution in [0.25, 0.3) is 32.8 Å². The summed E-state index contributed by atoms with van der Waals surface area (Å²) in [6.45, 7) is 3.03. The van der Waals surface area contributed by atoms with Crippen LogP contribution >= 0.6 is 11.6 Å². The van der Waals surface area contributed by atoms with Crippen molar-refractivity contribution in [3.63, 3.8) is 0 Å². The lowest BCUT2D eigenvalue weighted by Gasteiger charge is -2.34. The number of pyridine rings is 2. The van der Waals surface area contributed by atoms with Crippen LogP contribution in [-0.4, -0.2) is 40.2 Å². The summed E-state index contributed by atoms with van der Waals surface area (Å²) in [6.07, 6.45) is 11.4. The van der Waals surface area contributed by atoms with Crippen LogP contribution in [0.15, 0.2) is 42.6 Å². The first-order valence-electron chi connectivity index (χ1n) is 11.1. The number of phenolic OH excluding ortho intramolecular Hbond substituents is 1. The summed E-state index contributed by atoms with van der Waals surface area (Å²) in [5, 5.41) is 15.6. The van der Waals surface area contributed by atoms with E-state index in [2.05, 4.69) is 38.3 Å². The fourth-order valence-electron chi connectivity index (χ4n) is 5.15. The Morgan fingerprint density at radius 3 is 2.63 bits per heavy atom. The first kappa shape index (κ1) is 21.8. The Hall–Kier alpha value is -3.73. The van der Waals surface area contributed by atoms with Gasteiger partial charge >= 0.3 is 0 Å². The molecule has 2 aromatic heterocycles. The smallest absolute Gasteiger partial charge is 0.157 e. The second-order valence-electron chi connectivity index (χ2n) is 8.89. The van der Waals surface area contributed by atoms with Gasteiger partial charge in [-0.25, -0.2) is 13.8 Å². The molecule has 1 fully saturated rings. The molecule has 2 aliphatic rings. The summed E-state index contributed by atoms with van der Waals surface area (Å²) in [4.78, 5) is 11.1. The van der Waals surface area contributed by atoms with Crippen molar-refractivity contribution in [2.24, 2.45) is 0 Å². The second kappa shape index (κ2) is 7.91. The molecule has 2 aromatic carbocycles. The number of aromatic hydroxyl groups is 1. The number of piperazine rings is 1. The number of nitrogens with one attached hydrogen (secondary N) is 1. The molecule has 35 heavy (non-hydrogen) atoms. The van der Waals surface area contributed by atoms with Crippen molar-refractivity contribution >= 4 is 39.0 Å². The van der Waals surface area contributed by atoms with Gasteiger partial charge in [0.15, 0.2) is 5.82 Å². The van der Waals surface area contributed by atoms with Gasteiger partial charge in [0.25, 0.3) is 0 Å². The maximum atomic E-state index is 16.3. The highest BCUT2D eigenvalue weighted by atomic mass is 35.5. The summed E-state index contributed by atoms with van der Waals surface area (Å²) < 4.78 is 30.8. The third-order valence-electron chi connectivity index (χ3n) is 6.74. The molecule has 2 atom stereocenters. The van der Waals surface area contributed by atoms with Gasteiger partial charge in [0.1, 0.15) is 28.2 Å². The molecule has 174 valence electrons. The van der Waals surface area contributed by atoms with Crippen molar-refractivity contribution in [2.75, 3.05) is 18.0 Å². The van der Waals surface area contributed by atoms with Gasteiger partial charge in [0, 0.05) is 53.1 Å². The summed E-state index contributed by atoms with van der Waals surface area (Å²) >= 11 is 6.49. The highest BCUT2D eigenvalue weighted by molar-refractivity contribution is 6.31. The van der Waals surface area contributed by atoms with Crippen LogP contribution in [0, 0.1) is 30.9 Å². The molecule has 5 nitrogen and oxygen atoms in total. The first-order chi connectivity index (χ1) is 16.9. The highest BCUT2D eigenvalue weighted by Gasteiger charge is 2.31. The normalized spacial score (nSPS) is 19.0. The number of hydrogen-bond acceptors (Lipinski definition) is 5. The average Bonchev–Trinajstić information content (AvgIpc) is 3.18. The zero-order valence-corrected chi connectivity index (χ0v) is 19.4. The summed E-state index contributed by atoms with van der Waals surface area (Å²) in [7, 11) is 0. The van der Waals surface area contributed by atoms with E-state index in [0.29, 0.717) is 40.6 Å². The van der Waals surface area contributed by atoms with E-state index in [0.717, 1.165) is 0 Å².